The van der Waals surface area contributed by atoms with Crippen molar-refractivity contribution in [3.8, 4) is 22.3 Å². The zero-order valence-electron chi connectivity index (χ0n) is 28.9. The van der Waals surface area contributed by atoms with Crippen LogP contribution in [-0.2, 0) is 11.8 Å². The molecule has 0 spiro atoms. The Hall–Kier alpha value is -5.92. The summed E-state index contributed by atoms with van der Waals surface area (Å²) in [6.45, 7) is 8.34. The number of anilines is 1. The lowest BCUT2D eigenvalue weighted by molar-refractivity contribution is 0.691. The average Bonchev–Trinajstić information content (AvgIpc) is 3.16. The van der Waals surface area contributed by atoms with Crippen LogP contribution in [0, 0.1) is 6.92 Å². The number of para-hydroxylation sites is 1. The molecule has 50 heavy (non-hydrogen) atoms. The van der Waals surface area contributed by atoms with Crippen LogP contribution >= 0.6 is 0 Å². The first-order valence-electron chi connectivity index (χ1n) is 17.5. The first kappa shape index (κ1) is 32.6. The van der Waals surface area contributed by atoms with Gasteiger partial charge in [-0.25, -0.2) is 0 Å². The summed E-state index contributed by atoms with van der Waals surface area (Å²) in [6, 6.07) is 50.7. The number of hydrogen-bond donors (Lipinski definition) is 1. The van der Waals surface area contributed by atoms with Gasteiger partial charge in [0.05, 0.1) is 0 Å². The van der Waals surface area contributed by atoms with Gasteiger partial charge in [-0.2, -0.15) is 0 Å². The Kier molecular flexibility index (Phi) is 9.32. The van der Waals surface area contributed by atoms with Crippen LogP contribution in [-0.4, -0.2) is 0 Å². The summed E-state index contributed by atoms with van der Waals surface area (Å²) in [4.78, 5) is 0. The fourth-order valence-electron chi connectivity index (χ4n) is 7.60. The van der Waals surface area contributed by atoms with Crippen LogP contribution in [0.3, 0.4) is 0 Å². The standard InChI is InChI=1S/C49H43N/c1-4-5-6-7-19-37-20-9-11-27-45(37)49(3,46-28-12-13-29-48(46)50)47-34-41(40-24-15-23-39(33-40)38-22-14-17-35(2)32-38)30-31-44(47)43-26-16-21-36-18-8-10-25-42(36)43/h4-15,17-20,22-34H,1,16,21,50H2,2-3H3/b6-5-,19-7-. The molecular weight excluding hydrogens is 603 g/mol. The van der Waals surface area contributed by atoms with Gasteiger partial charge in [0.1, 0.15) is 0 Å². The second-order valence-corrected chi connectivity index (χ2v) is 13.3. The fraction of sp³-hybridized carbons (Fsp3) is 0.102. The highest BCUT2D eigenvalue weighted by atomic mass is 14.6. The van der Waals surface area contributed by atoms with Gasteiger partial charge < -0.3 is 5.73 Å². The van der Waals surface area contributed by atoms with Crippen LogP contribution in [0.5, 0.6) is 0 Å². The Morgan fingerprint density at radius 2 is 1.28 bits per heavy atom. The summed E-state index contributed by atoms with van der Waals surface area (Å²) < 4.78 is 0. The van der Waals surface area contributed by atoms with Gasteiger partial charge in [0.2, 0.25) is 0 Å². The van der Waals surface area contributed by atoms with E-state index in [1.165, 1.54) is 61.2 Å². The van der Waals surface area contributed by atoms with Crippen molar-refractivity contribution in [3.63, 3.8) is 0 Å². The molecule has 1 heteroatoms. The van der Waals surface area contributed by atoms with Crippen molar-refractivity contribution < 1.29 is 0 Å². The highest BCUT2D eigenvalue weighted by Gasteiger charge is 2.37. The van der Waals surface area contributed by atoms with Crippen molar-refractivity contribution in [1.29, 1.82) is 0 Å². The zero-order valence-corrected chi connectivity index (χ0v) is 28.9. The molecule has 7 rings (SSSR count). The molecule has 1 nitrogen and oxygen atoms in total. The second-order valence-electron chi connectivity index (χ2n) is 13.3. The van der Waals surface area contributed by atoms with Crippen molar-refractivity contribution >= 4 is 17.3 Å². The Balaban J connectivity index is 1.52. The largest absolute Gasteiger partial charge is 0.398 e. The van der Waals surface area contributed by atoms with Gasteiger partial charge in [0.15, 0.2) is 0 Å². The van der Waals surface area contributed by atoms with Crippen molar-refractivity contribution in [1.82, 2.24) is 0 Å². The molecule has 0 aliphatic heterocycles. The summed E-state index contributed by atoms with van der Waals surface area (Å²) in [5, 5.41) is 0. The summed E-state index contributed by atoms with van der Waals surface area (Å²) in [7, 11) is 0. The molecule has 6 aromatic carbocycles. The molecule has 0 saturated heterocycles. The van der Waals surface area contributed by atoms with Crippen molar-refractivity contribution in [3.05, 3.63) is 221 Å². The van der Waals surface area contributed by atoms with Crippen molar-refractivity contribution in [2.24, 2.45) is 0 Å². The normalized spacial score (nSPS) is 13.9. The van der Waals surface area contributed by atoms with E-state index < -0.39 is 5.41 Å². The van der Waals surface area contributed by atoms with E-state index in [1.807, 2.05) is 24.3 Å². The molecule has 1 unspecified atom stereocenters. The molecule has 2 N–H and O–H groups in total. The van der Waals surface area contributed by atoms with Crippen LogP contribution in [0.2, 0.25) is 0 Å². The van der Waals surface area contributed by atoms with Gasteiger partial charge in [-0.3, -0.25) is 0 Å². The number of fused-ring (bicyclic) bond motifs is 1. The highest BCUT2D eigenvalue weighted by Crippen LogP contribution is 2.48. The van der Waals surface area contributed by atoms with E-state index >= 15 is 0 Å². The lowest BCUT2D eigenvalue weighted by Crippen LogP contribution is -2.29. The monoisotopic (exact) mass is 645 g/mol. The molecular formula is C49H43N. The van der Waals surface area contributed by atoms with Crippen LogP contribution in [0.15, 0.2) is 176 Å². The third kappa shape index (κ3) is 6.31. The SMILES string of the molecule is C=C/C=C\C=C/c1ccccc1C(C)(c1ccccc1N)c1cc(-c2cccc(-c3cccc(C)c3)c2)ccc1C1=CCCc2ccccc21. The van der Waals surface area contributed by atoms with Gasteiger partial charge in [-0.1, -0.05) is 170 Å². The Bertz CT molecular complexity index is 2280. The van der Waals surface area contributed by atoms with Gasteiger partial charge in [-0.05, 0) is 112 Å². The smallest absolute Gasteiger partial charge is 0.0455 e. The molecule has 0 bridgehead atoms. The predicted molar refractivity (Wildman–Crippen MR) is 215 cm³/mol. The number of nitrogen functional groups attached to an aromatic ring is 1. The summed E-state index contributed by atoms with van der Waals surface area (Å²) in [5.74, 6) is 0. The lowest BCUT2D eigenvalue weighted by atomic mass is 9.66. The average molecular weight is 646 g/mol. The maximum atomic E-state index is 6.97. The van der Waals surface area contributed by atoms with Crippen LogP contribution in [0.4, 0.5) is 5.69 Å². The van der Waals surface area contributed by atoms with E-state index in [1.54, 1.807) is 6.08 Å². The molecule has 0 saturated carbocycles. The van der Waals surface area contributed by atoms with Gasteiger partial charge in [-0.15, -0.1) is 0 Å². The highest BCUT2D eigenvalue weighted by molar-refractivity contribution is 5.87. The van der Waals surface area contributed by atoms with Gasteiger partial charge >= 0.3 is 0 Å². The number of allylic oxidation sites excluding steroid dienone is 5. The summed E-state index contributed by atoms with van der Waals surface area (Å²) in [5.41, 5.74) is 23.0. The van der Waals surface area contributed by atoms with E-state index in [-0.39, 0.29) is 0 Å². The molecule has 0 radical (unpaired) electrons. The van der Waals surface area contributed by atoms with E-state index in [4.69, 9.17) is 5.73 Å². The zero-order chi connectivity index (χ0) is 34.5. The Labute approximate surface area is 297 Å². The summed E-state index contributed by atoms with van der Waals surface area (Å²) in [6.07, 6.45) is 14.5. The lowest BCUT2D eigenvalue weighted by Gasteiger charge is -2.37. The number of nitrogens with two attached hydrogens (primary N) is 1. The van der Waals surface area contributed by atoms with Crippen LogP contribution < -0.4 is 5.73 Å². The minimum Gasteiger partial charge on any atom is -0.398 e. The third-order valence-corrected chi connectivity index (χ3v) is 10.1. The van der Waals surface area contributed by atoms with E-state index in [2.05, 4.69) is 166 Å². The topological polar surface area (TPSA) is 26.0 Å². The first-order valence-corrected chi connectivity index (χ1v) is 17.5. The molecule has 0 fully saturated rings. The van der Waals surface area contributed by atoms with E-state index in [0.717, 1.165) is 29.7 Å². The molecule has 0 amide bonds. The first-order chi connectivity index (χ1) is 24.5. The van der Waals surface area contributed by atoms with Gasteiger partial charge in [0.25, 0.3) is 0 Å². The molecule has 244 valence electrons. The van der Waals surface area contributed by atoms with Crippen LogP contribution in [0.25, 0.3) is 33.9 Å². The Morgan fingerprint density at radius 3 is 2.06 bits per heavy atom. The Morgan fingerprint density at radius 1 is 0.600 bits per heavy atom. The van der Waals surface area contributed by atoms with E-state index in [9.17, 15) is 0 Å². The molecule has 1 aliphatic carbocycles. The maximum absolute atomic E-state index is 6.97. The molecule has 0 heterocycles. The second kappa shape index (κ2) is 14.3. The molecule has 1 aliphatic rings. The minimum absolute atomic E-state index is 0.610. The van der Waals surface area contributed by atoms with Crippen LogP contribution in [0.1, 0.15) is 57.9 Å². The molecule has 6 aromatic rings. The maximum Gasteiger partial charge on any atom is 0.0455 e. The fourth-order valence-corrected chi connectivity index (χ4v) is 7.60. The summed E-state index contributed by atoms with van der Waals surface area (Å²) >= 11 is 0. The quantitative estimate of drug-likeness (QED) is 0.0945. The third-order valence-electron chi connectivity index (χ3n) is 10.1. The van der Waals surface area contributed by atoms with E-state index in [0.29, 0.717) is 0 Å². The van der Waals surface area contributed by atoms with Gasteiger partial charge in [0, 0.05) is 11.1 Å². The van der Waals surface area contributed by atoms with Crippen molar-refractivity contribution in [2.75, 3.05) is 5.73 Å². The predicted octanol–water partition coefficient (Wildman–Crippen LogP) is 12.4. The number of hydrogen-bond acceptors (Lipinski definition) is 1. The molecule has 1 atom stereocenters. The van der Waals surface area contributed by atoms with Crippen molar-refractivity contribution in [2.45, 2.75) is 32.1 Å². The number of benzene rings is 6. The number of aryl methyl sites for hydroxylation is 2. The minimum atomic E-state index is -0.610. The number of rotatable bonds is 9. The molecule has 0 aromatic heterocycles.